The topological polar surface area (TPSA) is 69.2 Å². The number of benzene rings is 1. The minimum absolute atomic E-state index is 0.148. The minimum atomic E-state index is -4.46. The third-order valence-electron chi connectivity index (χ3n) is 5.73. The van der Waals surface area contributed by atoms with Crippen molar-refractivity contribution < 1.29 is 13.2 Å². The van der Waals surface area contributed by atoms with Crippen LogP contribution in [0.15, 0.2) is 42.7 Å². The SMILES string of the molecule is Cc1ccc(Cn2cc(-n3c(CCn4nc(C(F)(F)F)cc4C4CC4)n[nH]c3=S)cn2)cc1. The van der Waals surface area contributed by atoms with Gasteiger partial charge in [-0.15, -0.1) is 0 Å². The Hall–Kier alpha value is -3.21. The van der Waals surface area contributed by atoms with Crippen LogP contribution in [0.5, 0.6) is 0 Å². The lowest BCUT2D eigenvalue weighted by molar-refractivity contribution is -0.141. The normalized spacial score (nSPS) is 14.2. The Kier molecular flexibility index (Phi) is 5.43. The number of aromatic nitrogens is 7. The monoisotopic (exact) mass is 473 g/mol. The third kappa shape index (κ3) is 4.63. The molecule has 3 aromatic heterocycles. The summed E-state index contributed by atoms with van der Waals surface area (Å²) in [7, 11) is 0. The fraction of sp³-hybridized carbons (Fsp3) is 0.364. The van der Waals surface area contributed by atoms with Crippen molar-refractivity contribution in [3.8, 4) is 5.69 Å². The van der Waals surface area contributed by atoms with Gasteiger partial charge in [0.1, 0.15) is 5.82 Å². The van der Waals surface area contributed by atoms with Crippen molar-refractivity contribution >= 4 is 12.2 Å². The van der Waals surface area contributed by atoms with Crippen LogP contribution >= 0.6 is 12.2 Å². The predicted octanol–water partition coefficient (Wildman–Crippen LogP) is 4.82. The summed E-state index contributed by atoms with van der Waals surface area (Å²) in [6.45, 7) is 2.93. The zero-order chi connectivity index (χ0) is 23.2. The first-order chi connectivity index (χ1) is 15.8. The smallest absolute Gasteiger partial charge is 0.269 e. The lowest BCUT2D eigenvalue weighted by atomic mass is 10.1. The quantitative estimate of drug-likeness (QED) is 0.391. The Morgan fingerprint density at radius 1 is 1.18 bits per heavy atom. The fourth-order valence-corrected chi connectivity index (χ4v) is 4.12. The van der Waals surface area contributed by atoms with Crippen LogP contribution in [0.1, 0.15) is 47.1 Å². The van der Waals surface area contributed by atoms with Gasteiger partial charge in [0.2, 0.25) is 0 Å². The number of halogens is 3. The molecule has 0 bridgehead atoms. The van der Waals surface area contributed by atoms with Gasteiger partial charge in [-0.1, -0.05) is 29.8 Å². The molecule has 1 saturated carbocycles. The standard InChI is InChI=1S/C22H22F3N7S/c1-14-2-4-15(5-3-14)12-30-13-17(11-26-30)32-20(27-28-21(32)33)8-9-31-18(16-6-7-16)10-19(29-31)22(23,24)25/h2-5,10-11,13,16H,6-9,12H2,1H3,(H,28,33). The van der Waals surface area contributed by atoms with Crippen LogP contribution < -0.4 is 0 Å². The molecule has 11 heteroatoms. The molecule has 1 fully saturated rings. The van der Waals surface area contributed by atoms with E-state index in [9.17, 15) is 13.2 Å². The number of hydrogen-bond donors (Lipinski definition) is 1. The van der Waals surface area contributed by atoms with E-state index in [1.807, 2.05) is 17.8 Å². The highest BCUT2D eigenvalue weighted by Gasteiger charge is 2.37. The van der Waals surface area contributed by atoms with E-state index in [1.54, 1.807) is 10.8 Å². The molecule has 1 aliphatic rings. The number of H-pyrrole nitrogens is 1. The van der Waals surface area contributed by atoms with Crippen LogP contribution in [0.2, 0.25) is 0 Å². The molecule has 0 radical (unpaired) electrons. The Balaban J connectivity index is 1.36. The Morgan fingerprint density at radius 2 is 1.94 bits per heavy atom. The minimum Gasteiger partial charge on any atom is -0.269 e. The van der Waals surface area contributed by atoms with Gasteiger partial charge in [0.25, 0.3) is 0 Å². The molecule has 33 heavy (non-hydrogen) atoms. The average Bonchev–Trinajstić information content (AvgIpc) is 3.17. The van der Waals surface area contributed by atoms with E-state index in [0.717, 1.165) is 24.1 Å². The summed E-state index contributed by atoms with van der Waals surface area (Å²) in [5.41, 5.74) is 2.85. The highest BCUT2D eigenvalue weighted by Crippen LogP contribution is 2.42. The van der Waals surface area contributed by atoms with Crippen molar-refractivity contribution in [1.82, 2.24) is 34.3 Å². The van der Waals surface area contributed by atoms with Gasteiger partial charge < -0.3 is 0 Å². The van der Waals surface area contributed by atoms with E-state index in [0.29, 0.717) is 29.3 Å². The summed E-state index contributed by atoms with van der Waals surface area (Å²) in [5, 5.41) is 15.3. The van der Waals surface area contributed by atoms with Crippen LogP contribution in [0.3, 0.4) is 0 Å². The molecule has 7 nitrogen and oxygen atoms in total. The van der Waals surface area contributed by atoms with Crippen molar-refractivity contribution in [2.45, 2.75) is 51.4 Å². The summed E-state index contributed by atoms with van der Waals surface area (Å²) in [4.78, 5) is 0. The third-order valence-corrected chi connectivity index (χ3v) is 6.00. The Morgan fingerprint density at radius 3 is 2.64 bits per heavy atom. The lowest BCUT2D eigenvalue weighted by Crippen LogP contribution is -2.12. The second-order valence-electron chi connectivity index (χ2n) is 8.36. The van der Waals surface area contributed by atoms with Gasteiger partial charge in [0, 0.05) is 30.8 Å². The number of nitrogens with zero attached hydrogens (tertiary/aromatic N) is 6. The summed E-state index contributed by atoms with van der Waals surface area (Å²) in [6.07, 6.45) is 1.27. The fourth-order valence-electron chi connectivity index (χ4n) is 3.86. The molecular formula is C22H22F3N7S. The first-order valence-electron chi connectivity index (χ1n) is 10.7. The number of nitrogens with one attached hydrogen (secondary N) is 1. The van der Waals surface area contributed by atoms with Crippen molar-refractivity contribution in [1.29, 1.82) is 0 Å². The largest absolute Gasteiger partial charge is 0.435 e. The molecule has 0 unspecified atom stereocenters. The maximum Gasteiger partial charge on any atom is 0.435 e. The first kappa shape index (κ1) is 21.6. The summed E-state index contributed by atoms with van der Waals surface area (Å²) < 4.78 is 45.0. The molecule has 0 saturated heterocycles. The van der Waals surface area contributed by atoms with E-state index < -0.39 is 11.9 Å². The maximum absolute atomic E-state index is 13.2. The van der Waals surface area contributed by atoms with Crippen LogP contribution in [0.25, 0.3) is 5.69 Å². The lowest BCUT2D eigenvalue weighted by Gasteiger charge is -2.08. The van der Waals surface area contributed by atoms with Gasteiger partial charge in [-0.2, -0.15) is 28.5 Å². The number of rotatable bonds is 7. The van der Waals surface area contributed by atoms with Crippen LogP contribution in [-0.4, -0.2) is 34.3 Å². The van der Waals surface area contributed by atoms with Crippen molar-refractivity contribution in [2.75, 3.05) is 0 Å². The Labute approximate surface area is 192 Å². The molecule has 172 valence electrons. The zero-order valence-corrected chi connectivity index (χ0v) is 18.7. The zero-order valence-electron chi connectivity index (χ0n) is 17.9. The van der Waals surface area contributed by atoms with E-state index >= 15 is 0 Å². The molecular weight excluding hydrogens is 451 g/mol. The van der Waals surface area contributed by atoms with Gasteiger partial charge in [0.15, 0.2) is 10.5 Å². The van der Waals surface area contributed by atoms with Crippen molar-refractivity contribution in [2.24, 2.45) is 0 Å². The molecule has 1 aliphatic carbocycles. The molecule has 5 rings (SSSR count). The summed E-state index contributed by atoms with van der Waals surface area (Å²) >= 11 is 5.41. The van der Waals surface area contributed by atoms with E-state index in [4.69, 9.17) is 12.2 Å². The number of aryl methyl sites for hydroxylation is 3. The van der Waals surface area contributed by atoms with Crippen LogP contribution in [0, 0.1) is 11.7 Å². The molecule has 3 heterocycles. The highest BCUT2D eigenvalue weighted by molar-refractivity contribution is 7.71. The van der Waals surface area contributed by atoms with Crippen molar-refractivity contribution in [3.63, 3.8) is 0 Å². The molecule has 1 aromatic carbocycles. The van der Waals surface area contributed by atoms with Crippen molar-refractivity contribution in [3.05, 3.63) is 75.8 Å². The Bertz CT molecular complexity index is 1320. The molecule has 0 spiro atoms. The van der Waals surface area contributed by atoms with Gasteiger partial charge in [-0.05, 0) is 43.6 Å². The van der Waals surface area contributed by atoms with Gasteiger partial charge >= 0.3 is 6.18 Å². The van der Waals surface area contributed by atoms with Crippen LogP contribution in [-0.2, 0) is 25.7 Å². The average molecular weight is 474 g/mol. The van der Waals surface area contributed by atoms with Crippen LogP contribution in [0.4, 0.5) is 13.2 Å². The first-order valence-corrected chi connectivity index (χ1v) is 11.1. The number of aromatic amines is 1. The molecule has 0 amide bonds. The highest BCUT2D eigenvalue weighted by atomic mass is 32.1. The molecule has 0 aliphatic heterocycles. The van der Waals surface area contributed by atoms with E-state index in [2.05, 4.69) is 44.7 Å². The number of alkyl halides is 3. The summed E-state index contributed by atoms with van der Waals surface area (Å²) in [5.74, 6) is 0.759. The molecule has 1 N–H and O–H groups in total. The second kappa shape index (κ2) is 8.29. The van der Waals surface area contributed by atoms with E-state index in [1.165, 1.54) is 16.3 Å². The van der Waals surface area contributed by atoms with Gasteiger partial charge in [0.05, 0.1) is 18.4 Å². The maximum atomic E-state index is 13.2. The van der Waals surface area contributed by atoms with Gasteiger partial charge in [-0.3, -0.25) is 19.0 Å². The molecule has 4 aromatic rings. The second-order valence-corrected chi connectivity index (χ2v) is 8.75. The predicted molar refractivity (Wildman–Crippen MR) is 118 cm³/mol. The summed E-state index contributed by atoms with van der Waals surface area (Å²) in [6, 6.07) is 9.40. The number of hydrogen-bond acceptors (Lipinski definition) is 4. The van der Waals surface area contributed by atoms with Gasteiger partial charge in [-0.25, -0.2) is 0 Å². The van der Waals surface area contributed by atoms with E-state index in [-0.39, 0.29) is 12.5 Å². The molecule has 0 atom stereocenters.